The molecule has 0 radical (unpaired) electrons. The lowest BCUT2D eigenvalue weighted by molar-refractivity contribution is -0.687. The number of carbonyl (C=O) groups is 1. The van der Waals surface area contributed by atoms with E-state index in [0.717, 1.165) is 0 Å². The highest BCUT2D eigenvalue weighted by atomic mass is 35.5. The summed E-state index contributed by atoms with van der Waals surface area (Å²) in [6.07, 6.45) is 5.05. The van der Waals surface area contributed by atoms with Gasteiger partial charge in [-0.05, 0) is 37.5 Å². The van der Waals surface area contributed by atoms with Crippen molar-refractivity contribution >= 4 is 34.8 Å². The van der Waals surface area contributed by atoms with Gasteiger partial charge in [-0.1, -0.05) is 36.5 Å². The van der Waals surface area contributed by atoms with Gasteiger partial charge >= 0.3 is 0 Å². The van der Waals surface area contributed by atoms with E-state index in [-0.39, 0.29) is 5.91 Å². The van der Waals surface area contributed by atoms with Crippen LogP contribution in [0.15, 0.2) is 18.2 Å². The summed E-state index contributed by atoms with van der Waals surface area (Å²) in [5, 5.41) is 6.04. The van der Waals surface area contributed by atoms with Crippen molar-refractivity contribution in [3.63, 3.8) is 0 Å². The van der Waals surface area contributed by atoms with Crippen LogP contribution in [0.4, 0.5) is 5.69 Å². The van der Waals surface area contributed by atoms with E-state index >= 15 is 0 Å². The minimum absolute atomic E-state index is 0.0352. The second-order valence-corrected chi connectivity index (χ2v) is 6.38. The molecule has 0 unspecified atom stereocenters. The Hall–Kier alpha value is -0.770. The van der Waals surface area contributed by atoms with Crippen LogP contribution >= 0.6 is 23.2 Å². The summed E-state index contributed by atoms with van der Waals surface area (Å²) in [5.41, 5.74) is 0.578. The molecule has 0 saturated heterocycles. The molecule has 3 nitrogen and oxygen atoms in total. The van der Waals surface area contributed by atoms with E-state index in [0.29, 0.717) is 34.2 Å². The zero-order chi connectivity index (χ0) is 14.5. The lowest BCUT2D eigenvalue weighted by Gasteiger charge is -2.26. The summed E-state index contributed by atoms with van der Waals surface area (Å²) < 4.78 is 0. The molecule has 1 aliphatic rings. The molecule has 1 aromatic carbocycles. The number of nitrogens with one attached hydrogen (secondary N) is 1. The summed E-state index contributed by atoms with van der Waals surface area (Å²) in [5.74, 6) is 0.651. The summed E-state index contributed by atoms with van der Waals surface area (Å²) in [6.45, 7) is 2.70. The van der Waals surface area contributed by atoms with Crippen LogP contribution in [0.2, 0.25) is 10.0 Å². The van der Waals surface area contributed by atoms with Gasteiger partial charge < -0.3 is 10.6 Å². The van der Waals surface area contributed by atoms with Crippen LogP contribution in [-0.2, 0) is 4.79 Å². The molecule has 20 heavy (non-hydrogen) atoms. The van der Waals surface area contributed by atoms with Gasteiger partial charge in [0.1, 0.15) is 0 Å². The second kappa shape index (κ2) is 7.30. The normalized spacial score (nSPS) is 22.6. The van der Waals surface area contributed by atoms with Gasteiger partial charge in [0.05, 0.1) is 16.8 Å². The summed E-state index contributed by atoms with van der Waals surface area (Å²) >= 11 is 11.9. The van der Waals surface area contributed by atoms with Crippen LogP contribution in [0.3, 0.4) is 0 Å². The molecule has 1 aliphatic carbocycles. The molecule has 1 amide bonds. The van der Waals surface area contributed by atoms with Crippen molar-refractivity contribution in [2.24, 2.45) is 5.92 Å². The average molecular weight is 316 g/mol. The maximum atomic E-state index is 12.0. The van der Waals surface area contributed by atoms with Gasteiger partial charge in [0.2, 0.25) is 0 Å². The number of amides is 1. The molecule has 1 saturated carbocycles. The van der Waals surface area contributed by atoms with E-state index in [1.807, 2.05) is 0 Å². The molecule has 0 spiro atoms. The lowest BCUT2D eigenvalue weighted by atomic mass is 9.86. The van der Waals surface area contributed by atoms with Gasteiger partial charge in [-0.2, -0.15) is 0 Å². The Morgan fingerprint density at radius 1 is 1.35 bits per heavy atom. The van der Waals surface area contributed by atoms with Gasteiger partial charge in [-0.25, -0.2) is 0 Å². The van der Waals surface area contributed by atoms with Gasteiger partial charge in [0.15, 0.2) is 6.54 Å². The Bertz CT molecular complexity index is 479. The first-order valence-corrected chi connectivity index (χ1v) is 7.90. The fraction of sp³-hybridized carbons (Fsp3) is 0.533. The highest BCUT2D eigenvalue weighted by molar-refractivity contribution is 6.35. The molecule has 110 valence electrons. The summed E-state index contributed by atoms with van der Waals surface area (Å²) in [4.78, 5) is 12.0. The molecule has 0 bridgehead atoms. The molecule has 2 atom stereocenters. The molecule has 1 aromatic rings. The van der Waals surface area contributed by atoms with E-state index in [9.17, 15) is 4.79 Å². The molecule has 0 aliphatic heterocycles. The van der Waals surface area contributed by atoms with E-state index in [1.165, 1.54) is 25.7 Å². The van der Waals surface area contributed by atoms with Crippen LogP contribution in [0.25, 0.3) is 0 Å². The van der Waals surface area contributed by atoms with Gasteiger partial charge in [-0.15, -0.1) is 0 Å². The van der Waals surface area contributed by atoms with Crippen molar-refractivity contribution < 1.29 is 10.1 Å². The Morgan fingerprint density at radius 3 is 2.85 bits per heavy atom. The van der Waals surface area contributed by atoms with E-state index in [1.54, 1.807) is 18.2 Å². The van der Waals surface area contributed by atoms with Crippen molar-refractivity contribution in [1.82, 2.24) is 0 Å². The first-order chi connectivity index (χ1) is 9.56. The molecular formula is C15H21Cl2N2O+. The number of rotatable bonds is 4. The zero-order valence-corrected chi connectivity index (χ0v) is 13.2. The van der Waals surface area contributed by atoms with E-state index in [4.69, 9.17) is 23.2 Å². The fourth-order valence-electron chi connectivity index (χ4n) is 2.75. The molecule has 0 heterocycles. The summed E-state index contributed by atoms with van der Waals surface area (Å²) in [7, 11) is 0. The predicted octanol–water partition coefficient (Wildman–Crippen LogP) is 3.07. The third-order valence-corrected chi connectivity index (χ3v) is 4.55. The topological polar surface area (TPSA) is 45.7 Å². The van der Waals surface area contributed by atoms with Crippen LogP contribution in [-0.4, -0.2) is 18.5 Å². The smallest absolute Gasteiger partial charge is 0.279 e. The Morgan fingerprint density at radius 2 is 2.10 bits per heavy atom. The summed E-state index contributed by atoms with van der Waals surface area (Å²) in [6, 6.07) is 5.62. The molecule has 1 fully saturated rings. The number of halogens is 2. The fourth-order valence-corrected chi connectivity index (χ4v) is 3.08. The number of hydrogen-bond acceptors (Lipinski definition) is 1. The maximum absolute atomic E-state index is 12.0. The minimum Gasteiger partial charge on any atom is -0.336 e. The molecule has 5 heteroatoms. The molecule has 0 aromatic heterocycles. The average Bonchev–Trinajstić information content (AvgIpc) is 2.42. The number of benzene rings is 1. The van der Waals surface area contributed by atoms with E-state index in [2.05, 4.69) is 17.6 Å². The Kier molecular flexibility index (Phi) is 5.70. The standard InChI is InChI=1S/C15H20Cl2N2O/c1-10-4-2-3-5-13(10)18-9-15(20)19-14-8-11(16)6-7-12(14)17/h6-8,10,13,18H,2-5,9H2,1H3,(H,19,20)/p+1/t10-,13-/m1/s1. The predicted molar refractivity (Wildman–Crippen MR) is 83.3 cm³/mol. The van der Waals surface area contributed by atoms with Crippen molar-refractivity contribution in [2.75, 3.05) is 11.9 Å². The van der Waals surface area contributed by atoms with Gasteiger partial charge in [-0.3, -0.25) is 4.79 Å². The number of hydrogen-bond donors (Lipinski definition) is 2. The van der Waals surface area contributed by atoms with Crippen molar-refractivity contribution in [3.05, 3.63) is 28.2 Å². The maximum Gasteiger partial charge on any atom is 0.279 e. The zero-order valence-electron chi connectivity index (χ0n) is 11.7. The third-order valence-electron chi connectivity index (χ3n) is 3.99. The number of nitrogens with two attached hydrogens (primary N) is 1. The third kappa shape index (κ3) is 4.37. The first kappa shape index (κ1) is 15.6. The SMILES string of the molecule is C[C@@H]1CCCC[C@H]1[NH2+]CC(=O)Nc1cc(Cl)ccc1Cl. The number of anilines is 1. The van der Waals surface area contributed by atoms with Crippen molar-refractivity contribution in [3.8, 4) is 0 Å². The first-order valence-electron chi connectivity index (χ1n) is 7.14. The van der Waals surface area contributed by atoms with Crippen LogP contribution < -0.4 is 10.6 Å². The Balaban J connectivity index is 1.84. The quantitative estimate of drug-likeness (QED) is 0.881. The van der Waals surface area contributed by atoms with Crippen LogP contribution in [0.1, 0.15) is 32.6 Å². The largest absolute Gasteiger partial charge is 0.336 e. The molecular weight excluding hydrogens is 295 g/mol. The molecule has 3 N–H and O–H groups in total. The van der Waals surface area contributed by atoms with Crippen molar-refractivity contribution in [1.29, 1.82) is 0 Å². The number of quaternary nitrogens is 1. The highest BCUT2D eigenvalue weighted by Gasteiger charge is 2.24. The molecule has 2 rings (SSSR count). The van der Waals surface area contributed by atoms with Crippen LogP contribution in [0, 0.1) is 5.92 Å². The lowest BCUT2D eigenvalue weighted by Crippen LogP contribution is -2.93. The Labute approximate surface area is 130 Å². The minimum atomic E-state index is -0.0352. The van der Waals surface area contributed by atoms with Crippen molar-refractivity contribution in [2.45, 2.75) is 38.6 Å². The monoisotopic (exact) mass is 315 g/mol. The van der Waals surface area contributed by atoms with Gasteiger partial charge in [0.25, 0.3) is 5.91 Å². The van der Waals surface area contributed by atoms with Gasteiger partial charge in [0, 0.05) is 10.9 Å². The highest BCUT2D eigenvalue weighted by Crippen LogP contribution is 2.25. The second-order valence-electron chi connectivity index (χ2n) is 5.54. The van der Waals surface area contributed by atoms with E-state index < -0.39 is 0 Å². The number of carbonyl (C=O) groups excluding carboxylic acids is 1. The van der Waals surface area contributed by atoms with Crippen LogP contribution in [0.5, 0.6) is 0 Å².